The van der Waals surface area contributed by atoms with Gasteiger partial charge in [-0.15, -0.1) is 0 Å². The number of nitrogens with two attached hydrogens (primary N) is 1. The van der Waals surface area contributed by atoms with Crippen LogP contribution in [0.25, 0.3) is 0 Å². The lowest BCUT2D eigenvalue weighted by molar-refractivity contribution is 0.100. The monoisotopic (exact) mass is 350 g/mol. The fourth-order valence-corrected chi connectivity index (χ4v) is 2.45. The van der Waals surface area contributed by atoms with Crippen LogP contribution in [0.5, 0.6) is 11.5 Å². The van der Waals surface area contributed by atoms with Crippen LogP contribution in [-0.2, 0) is 13.1 Å². The van der Waals surface area contributed by atoms with Crippen molar-refractivity contribution >= 4 is 5.91 Å². The number of halogens is 1. The molecule has 1 amide bonds. The summed E-state index contributed by atoms with van der Waals surface area (Å²) in [5.41, 5.74) is 7.81. The van der Waals surface area contributed by atoms with E-state index in [0.717, 1.165) is 11.1 Å². The second-order valence-corrected chi connectivity index (χ2v) is 5.86. The highest BCUT2D eigenvalue weighted by molar-refractivity contribution is 5.92. The van der Waals surface area contributed by atoms with Crippen LogP contribution in [0.15, 0.2) is 72.8 Å². The predicted octanol–water partition coefficient (Wildman–Crippen LogP) is 4.01. The number of hydrogen-bond donors (Lipinski definition) is 2. The van der Waals surface area contributed by atoms with Gasteiger partial charge in [-0.1, -0.05) is 24.3 Å². The lowest BCUT2D eigenvalue weighted by atomic mass is 10.2. The standard InChI is InChI=1S/C21H19FN2O2/c22-18-7-1-15(2-8-18)13-24-14-16-3-9-19(10-4-16)26-20-11-5-17(6-12-20)21(23)25/h1-12,24H,13-14H2,(H2,23,25). The van der Waals surface area contributed by atoms with Gasteiger partial charge in [-0.2, -0.15) is 0 Å². The third-order valence-electron chi connectivity index (χ3n) is 3.87. The Hall–Kier alpha value is -3.18. The van der Waals surface area contributed by atoms with Gasteiger partial charge >= 0.3 is 0 Å². The summed E-state index contributed by atoms with van der Waals surface area (Å²) in [5, 5.41) is 3.32. The average Bonchev–Trinajstić information content (AvgIpc) is 2.65. The molecule has 0 heterocycles. The summed E-state index contributed by atoms with van der Waals surface area (Å²) in [5.74, 6) is 0.652. The smallest absolute Gasteiger partial charge is 0.248 e. The highest BCUT2D eigenvalue weighted by Gasteiger charge is 2.02. The highest BCUT2D eigenvalue weighted by Crippen LogP contribution is 2.22. The van der Waals surface area contributed by atoms with E-state index in [1.165, 1.54) is 12.1 Å². The SMILES string of the molecule is NC(=O)c1ccc(Oc2ccc(CNCc3ccc(F)cc3)cc2)cc1. The second-order valence-electron chi connectivity index (χ2n) is 5.86. The number of primary amides is 1. The summed E-state index contributed by atoms with van der Waals surface area (Å²) >= 11 is 0. The molecule has 0 saturated heterocycles. The number of ether oxygens (including phenoxy) is 1. The zero-order valence-electron chi connectivity index (χ0n) is 14.1. The number of amides is 1. The van der Waals surface area contributed by atoms with Gasteiger partial charge in [-0.25, -0.2) is 4.39 Å². The van der Waals surface area contributed by atoms with Crippen LogP contribution in [0.1, 0.15) is 21.5 Å². The molecule has 5 heteroatoms. The molecule has 0 saturated carbocycles. The summed E-state index contributed by atoms with van der Waals surface area (Å²) in [6, 6.07) is 20.8. The largest absolute Gasteiger partial charge is 0.457 e. The second kappa shape index (κ2) is 8.27. The van der Waals surface area contributed by atoms with Crippen LogP contribution in [0.3, 0.4) is 0 Å². The molecule has 0 atom stereocenters. The molecule has 0 aliphatic rings. The molecule has 4 nitrogen and oxygen atoms in total. The van der Waals surface area contributed by atoms with Gasteiger partial charge in [0.2, 0.25) is 5.91 Å². The van der Waals surface area contributed by atoms with Gasteiger partial charge in [0.05, 0.1) is 0 Å². The minimum Gasteiger partial charge on any atom is -0.457 e. The first-order valence-corrected chi connectivity index (χ1v) is 8.22. The molecule has 0 aliphatic heterocycles. The van der Waals surface area contributed by atoms with Crippen molar-refractivity contribution < 1.29 is 13.9 Å². The van der Waals surface area contributed by atoms with Crippen molar-refractivity contribution in [3.05, 3.63) is 95.3 Å². The van der Waals surface area contributed by atoms with Crippen molar-refractivity contribution in [1.82, 2.24) is 5.32 Å². The molecule has 3 rings (SSSR count). The number of carbonyl (C=O) groups is 1. The molecule has 0 fully saturated rings. The van der Waals surface area contributed by atoms with Crippen LogP contribution in [0, 0.1) is 5.82 Å². The zero-order valence-corrected chi connectivity index (χ0v) is 14.1. The van der Waals surface area contributed by atoms with Crippen molar-refractivity contribution in [3.8, 4) is 11.5 Å². The molecule has 3 aromatic carbocycles. The van der Waals surface area contributed by atoms with Crippen LogP contribution >= 0.6 is 0 Å². The summed E-state index contributed by atoms with van der Waals surface area (Å²) in [4.78, 5) is 11.1. The lowest BCUT2D eigenvalue weighted by Crippen LogP contribution is -2.12. The van der Waals surface area contributed by atoms with Crippen molar-refractivity contribution in [2.45, 2.75) is 13.1 Å². The maximum absolute atomic E-state index is 12.9. The predicted molar refractivity (Wildman–Crippen MR) is 98.4 cm³/mol. The van der Waals surface area contributed by atoms with E-state index < -0.39 is 5.91 Å². The fourth-order valence-electron chi connectivity index (χ4n) is 2.45. The van der Waals surface area contributed by atoms with Crippen LogP contribution in [-0.4, -0.2) is 5.91 Å². The van der Waals surface area contributed by atoms with Gasteiger partial charge in [0.15, 0.2) is 0 Å². The molecule has 3 N–H and O–H groups in total. The Bertz CT molecular complexity index is 860. The molecule has 0 unspecified atom stereocenters. The zero-order chi connectivity index (χ0) is 18.4. The molecule has 0 spiro atoms. The summed E-state index contributed by atoms with van der Waals surface area (Å²) in [6.07, 6.45) is 0. The number of benzene rings is 3. The van der Waals surface area contributed by atoms with Crippen LogP contribution in [0.4, 0.5) is 4.39 Å². The van der Waals surface area contributed by atoms with Crippen molar-refractivity contribution in [2.75, 3.05) is 0 Å². The van der Waals surface area contributed by atoms with Crippen LogP contribution in [0.2, 0.25) is 0 Å². The third kappa shape index (κ3) is 4.91. The molecule has 0 bridgehead atoms. The topological polar surface area (TPSA) is 64.4 Å². The first-order valence-electron chi connectivity index (χ1n) is 8.22. The van der Waals surface area contributed by atoms with E-state index in [1.54, 1.807) is 36.4 Å². The van der Waals surface area contributed by atoms with E-state index in [1.807, 2.05) is 24.3 Å². The first kappa shape index (κ1) is 17.6. The van der Waals surface area contributed by atoms with E-state index in [-0.39, 0.29) is 5.82 Å². The molecular formula is C21H19FN2O2. The van der Waals surface area contributed by atoms with Crippen molar-refractivity contribution in [3.63, 3.8) is 0 Å². The Balaban J connectivity index is 1.51. The molecule has 26 heavy (non-hydrogen) atoms. The third-order valence-corrected chi connectivity index (χ3v) is 3.87. The number of carbonyl (C=O) groups excluding carboxylic acids is 1. The minimum absolute atomic E-state index is 0.228. The number of hydrogen-bond acceptors (Lipinski definition) is 3. The highest BCUT2D eigenvalue weighted by atomic mass is 19.1. The average molecular weight is 350 g/mol. The van der Waals surface area contributed by atoms with Gasteiger partial charge in [0.1, 0.15) is 17.3 Å². The maximum atomic E-state index is 12.9. The minimum atomic E-state index is -0.464. The molecule has 3 aromatic rings. The lowest BCUT2D eigenvalue weighted by Gasteiger charge is -2.08. The maximum Gasteiger partial charge on any atom is 0.248 e. The van der Waals surface area contributed by atoms with Gasteiger partial charge in [-0.05, 0) is 59.7 Å². The van der Waals surface area contributed by atoms with Gasteiger partial charge < -0.3 is 15.8 Å². The van der Waals surface area contributed by atoms with Crippen LogP contribution < -0.4 is 15.8 Å². The Kier molecular flexibility index (Phi) is 5.61. The molecule has 0 aromatic heterocycles. The Morgan fingerprint density at radius 1 is 0.808 bits per heavy atom. The quantitative estimate of drug-likeness (QED) is 0.677. The fraction of sp³-hybridized carbons (Fsp3) is 0.0952. The van der Waals surface area contributed by atoms with E-state index in [4.69, 9.17) is 10.5 Å². The molecule has 0 radical (unpaired) electrons. The Morgan fingerprint density at radius 3 is 1.77 bits per heavy atom. The Labute approximate surface area is 151 Å². The normalized spacial score (nSPS) is 10.5. The van der Waals surface area contributed by atoms with Crippen molar-refractivity contribution in [1.29, 1.82) is 0 Å². The number of rotatable bonds is 7. The van der Waals surface area contributed by atoms with E-state index in [2.05, 4.69) is 5.32 Å². The summed E-state index contributed by atoms with van der Waals surface area (Å²) in [7, 11) is 0. The van der Waals surface area contributed by atoms with E-state index in [9.17, 15) is 9.18 Å². The van der Waals surface area contributed by atoms with E-state index >= 15 is 0 Å². The van der Waals surface area contributed by atoms with E-state index in [0.29, 0.717) is 30.2 Å². The van der Waals surface area contributed by atoms with Crippen molar-refractivity contribution in [2.24, 2.45) is 5.73 Å². The molecular weight excluding hydrogens is 331 g/mol. The summed E-state index contributed by atoms with van der Waals surface area (Å²) < 4.78 is 18.6. The van der Waals surface area contributed by atoms with Gasteiger partial charge in [-0.3, -0.25) is 4.79 Å². The van der Waals surface area contributed by atoms with Gasteiger partial charge in [0.25, 0.3) is 0 Å². The number of nitrogens with one attached hydrogen (secondary N) is 1. The first-order chi connectivity index (χ1) is 12.6. The molecule has 0 aliphatic carbocycles. The summed E-state index contributed by atoms with van der Waals surface area (Å²) in [6.45, 7) is 1.37. The van der Waals surface area contributed by atoms with Gasteiger partial charge in [0, 0.05) is 18.7 Å². The Morgan fingerprint density at radius 2 is 1.27 bits per heavy atom. The molecule has 132 valence electrons.